The van der Waals surface area contributed by atoms with Crippen LogP contribution in [0.25, 0.3) is 0 Å². The monoisotopic (exact) mass is 269 g/mol. The second-order valence-corrected chi connectivity index (χ2v) is 5.60. The lowest BCUT2D eigenvalue weighted by Gasteiger charge is -2.32. The Balaban J connectivity index is 2.11. The standard InChI is InChI=1S/C15H21F2NO/c1-9-3-4-12(5-10(9)2)19-15-13(16)6-11(8-18)7-14(15)17/h6-7,9-10,12H,3-5,8,18H2,1-2H3. The topological polar surface area (TPSA) is 35.2 Å². The smallest absolute Gasteiger partial charge is 0.191 e. The molecule has 0 aromatic heterocycles. The highest BCUT2D eigenvalue weighted by Gasteiger charge is 2.27. The molecule has 0 heterocycles. The molecular weight excluding hydrogens is 248 g/mol. The fourth-order valence-electron chi connectivity index (χ4n) is 2.61. The van der Waals surface area contributed by atoms with E-state index in [4.69, 9.17) is 10.5 Å². The van der Waals surface area contributed by atoms with E-state index in [1.54, 1.807) is 0 Å². The number of hydrogen-bond donors (Lipinski definition) is 1. The van der Waals surface area contributed by atoms with Crippen LogP contribution in [0.3, 0.4) is 0 Å². The van der Waals surface area contributed by atoms with Crippen LogP contribution in [0.5, 0.6) is 5.75 Å². The van der Waals surface area contributed by atoms with E-state index < -0.39 is 11.6 Å². The van der Waals surface area contributed by atoms with Gasteiger partial charge in [0.15, 0.2) is 17.4 Å². The summed E-state index contributed by atoms with van der Waals surface area (Å²) in [7, 11) is 0. The summed E-state index contributed by atoms with van der Waals surface area (Å²) in [6, 6.07) is 2.49. The summed E-state index contributed by atoms with van der Waals surface area (Å²) >= 11 is 0. The zero-order valence-electron chi connectivity index (χ0n) is 11.5. The summed E-state index contributed by atoms with van der Waals surface area (Å²) in [6.07, 6.45) is 2.64. The zero-order chi connectivity index (χ0) is 14.0. The molecule has 1 aliphatic carbocycles. The van der Waals surface area contributed by atoms with Crippen LogP contribution >= 0.6 is 0 Å². The van der Waals surface area contributed by atoms with E-state index in [1.807, 2.05) is 0 Å². The second-order valence-electron chi connectivity index (χ2n) is 5.60. The Morgan fingerprint density at radius 2 is 1.79 bits per heavy atom. The molecule has 0 saturated heterocycles. The van der Waals surface area contributed by atoms with E-state index in [2.05, 4.69) is 13.8 Å². The molecule has 1 aromatic carbocycles. The number of halogens is 2. The fraction of sp³-hybridized carbons (Fsp3) is 0.600. The number of benzene rings is 1. The number of hydrogen-bond acceptors (Lipinski definition) is 2. The van der Waals surface area contributed by atoms with Crippen LogP contribution in [0.4, 0.5) is 8.78 Å². The van der Waals surface area contributed by atoms with Crippen molar-refractivity contribution in [2.75, 3.05) is 0 Å². The summed E-state index contributed by atoms with van der Waals surface area (Å²) in [5.74, 6) is -0.412. The lowest BCUT2D eigenvalue weighted by atomic mass is 9.80. The Labute approximate surface area is 112 Å². The predicted octanol–water partition coefficient (Wildman–Crippen LogP) is 3.63. The molecular formula is C15H21F2NO. The van der Waals surface area contributed by atoms with Gasteiger partial charge in [0.25, 0.3) is 0 Å². The average Bonchev–Trinajstić information content (AvgIpc) is 2.37. The van der Waals surface area contributed by atoms with Crippen LogP contribution in [-0.4, -0.2) is 6.10 Å². The van der Waals surface area contributed by atoms with E-state index in [-0.39, 0.29) is 18.4 Å². The van der Waals surface area contributed by atoms with Gasteiger partial charge in [0.2, 0.25) is 0 Å². The van der Waals surface area contributed by atoms with Gasteiger partial charge in [-0.05, 0) is 48.8 Å². The summed E-state index contributed by atoms with van der Waals surface area (Å²) in [6.45, 7) is 4.48. The van der Waals surface area contributed by atoms with Crippen LogP contribution in [0, 0.1) is 23.5 Å². The molecule has 1 aromatic rings. The summed E-state index contributed by atoms with van der Waals surface area (Å²) in [4.78, 5) is 0. The zero-order valence-corrected chi connectivity index (χ0v) is 11.5. The number of nitrogens with two attached hydrogens (primary N) is 1. The van der Waals surface area contributed by atoms with E-state index in [1.165, 1.54) is 12.1 Å². The molecule has 2 N–H and O–H groups in total. The summed E-state index contributed by atoms with van der Waals surface area (Å²) < 4.78 is 33.2. The minimum Gasteiger partial charge on any atom is -0.484 e. The van der Waals surface area contributed by atoms with Crippen LogP contribution in [0.15, 0.2) is 12.1 Å². The van der Waals surface area contributed by atoms with Crippen LogP contribution in [0.1, 0.15) is 38.7 Å². The van der Waals surface area contributed by atoms with E-state index >= 15 is 0 Å². The van der Waals surface area contributed by atoms with Gasteiger partial charge in [0, 0.05) is 6.54 Å². The molecule has 3 unspecified atom stereocenters. The van der Waals surface area contributed by atoms with E-state index in [9.17, 15) is 8.78 Å². The minimum absolute atomic E-state index is 0.0982. The molecule has 0 bridgehead atoms. The first-order chi connectivity index (χ1) is 9.01. The molecule has 0 spiro atoms. The Morgan fingerprint density at radius 1 is 1.16 bits per heavy atom. The largest absolute Gasteiger partial charge is 0.484 e. The van der Waals surface area contributed by atoms with Crippen molar-refractivity contribution in [1.29, 1.82) is 0 Å². The Bertz CT molecular complexity index is 427. The first kappa shape index (κ1) is 14.3. The third-order valence-corrected chi connectivity index (χ3v) is 4.13. The van der Waals surface area contributed by atoms with Crippen LogP contribution < -0.4 is 10.5 Å². The molecule has 106 valence electrons. The van der Waals surface area contributed by atoms with Crippen molar-refractivity contribution in [1.82, 2.24) is 0 Å². The average molecular weight is 269 g/mol. The van der Waals surface area contributed by atoms with Crippen molar-refractivity contribution in [3.8, 4) is 5.75 Å². The van der Waals surface area contributed by atoms with E-state index in [0.29, 0.717) is 17.4 Å². The predicted molar refractivity (Wildman–Crippen MR) is 70.8 cm³/mol. The second kappa shape index (κ2) is 5.87. The molecule has 1 fully saturated rings. The number of ether oxygens (including phenoxy) is 1. The van der Waals surface area contributed by atoms with Crippen LogP contribution in [0.2, 0.25) is 0 Å². The van der Waals surface area contributed by atoms with Gasteiger partial charge < -0.3 is 10.5 Å². The molecule has 4 heteroatoms. The molecule has 0 radical (unpaired) electrons. The minimum atomic E-state index is -0.660. The van der Waals surface area contributed by atoms with Crippen molar-refractivity contribution < 1.29 is 13.5 Å². The van der Waals surface area contributed by atoms with Gasteiger partial charge in [-0.1, -0.05) is 13.8 Å². The quantitative estimate of drug-likeness (QED) is 0.909. The Hall–Kier alpha value is -1.16. The fourth-order valence-corrected chi connectivity index (χ4v) is 2.61. The SMILES string of the molecule is CC1CCC(Oc2c(F)cc(CN)cc2F)CC1C. The maximum absolute atomic E-state index is 13.8. The van der Waals surface area contributed by atoms with Crippen molar-refractivity contribution in [2.45, 2.75) is 45.8 Å². The Morgan fingerprint density at radius 3 is 2.32 bits per heavy atom. The molecule has 2 rings (SSSR count). The highest BCUT2D eigenvalue weighted by atomic mass is 19.1. The van der Waals surface area contributed by atoms with Gasteiger partial charge in [0.05, 0.1) is 6.10 Å². The van der Waals surface area contributed by atoms with Gasteiger partial charge >= 0.3 is 0 Å². The van der Waals surface area contributed by atoms with Crippen molar-refractivity contribution in [2.24, 2.45) is 17.6 Å². The lowest BCUT2D eigenvalue weighted by molar-refractivity contribution is 0.0926. The maximum Gasteiger partial charge on any atom is 0.191 e. The molecule has 3 atom stereocenters. The van der Waals surface area contributed by atoms with Gasteiger partial charge in [-0.25, -0.2) is 8.78 Å². The maximum atomic E-state index is 13.8. The van der Waals surface area contributed by atoms with Crippen molar-refractivity contribution in [3.05, 3.63) is 29.3 Å². The molecule has 1 saturated carbocycles. The van der Waals surface area contributed by atoms with Gasteiger partial charge in [-0.15, -0.1) is 0 Å². The molecule has 0 amide bonds. The normalized spacial score (nSPS) is 27.3. The highest BCUT2D eigenvalue weighted by Crippen LogP contribution is 2.33. The van der Waals surface area contributed by atoms with Crippen LogP contribution in [-0.2, 0) is 6.54 Å². The van der Waals surface area contributed by atoms with E-state index in [0.717, 1.165) is 19.3 Å². The number of rotatable bonds is 3. The molecule has 2 nitrogen and oxygen atoms in total. The first-order valence-electron chi connectivity index (χ1n) is 6.86. The van der Waals surface area contributed by atoms with Gasteiger partial charge in [0.1, 0.15) is 0 Å². The third kappa shape index (κ3) is 3.24. The Kier molecular flexibility index (Phi) is 4.40. The summed E-state index contributed by atoms with van der Waals surface area (Å²) in [5.41, 5.74) is 5.82. The van der Waals surface area contributed by atoms with Crippen molar-refractivity contribution >= 4 is 0 Å². The molecule has 0 aliphatic heterocycles. The lowest BCUT2D eigenvalue weighted by Crippen LogP contribution is -2.29. The first-order valence-corrected chi connectivity index (χ1v) is 6.86. The summed E-state index contributed by atoms with van der Waals surface area (Å²) in [5, 5.41) is 0. The molecule has 19 heavy (non-hydrogen) atoms. The molecule has 1 aliphatic rings. The van der Waals surface area contributed by atoms with Gasteiger partial charge in [-0.3, -0.25) is 0 Å². The van der Waals surface area contributed by atoms with Crippen molar-refractivity contribution in [3.63, 3.8) is 0 Å². The highest BCUT2D eigenvalue weighted by molar-refractivity contribution is 5.31. The third-order valence-electron chi connectivity index (χ3n) is 4.13. The van der Waals surface area contributed by atoms with Gasteiger partial charge in [-0.2, -0.15) is 0 Å².